The van der Waals surface area contributed by atoms with Gasteiger partial charge in [0, 0.05) is 86.1 Å². The first-order chi connectivity index (χ1) is 30.7. The zero-order chi connectivity index (χ0) is 46.0. The van der Waals surface area contributed by atoms with Gasteiger partial charge in [-0.3, -0.25) is 29.2 Å². The molecule has 5 heterocycles. The lowest BCUT2D eigenvalue weighted by atomic mass is 9.84. The van der Waals surface area contributed by atoms with Crippen molar-refractivity contribution < 1.29 is 38.1 Å². The van der Waals surface area contributed by atoms with Gasteiger partial charge < -0.3 is 33.7 Å². The molecule has 64 heavy (non-hydrogen) atoms. The Labute approximate surface area is 380 Å². The van der Waals surface area contributed by atoms with Crippen molar-refractivity contribution in [2.24, 2.45) is 28.2 Å². The first-order valence-corrected chi connectivity index (χ1v) is 23.6. The summed E-state index contributed by atoms with van der Waals surface area (Å²) in [5.41, 5.74) is 8.79. The van der Waals surface area contributed by atoms with Gasteiger partial charge in [0.2, 0.25) is 11.8 Å². The summed E-state index contributed by atoms with van der Waals surface area (Å²) in [7, 11) is 3.31. The summed E-state index contributed by atoms with van der Waals surface area (Å²) in [6.45, 7) is 20.5. The third-order valence-electron chi connectivity index (χ3n) is 13.3. The lowest BCUT2D eigenvalue weighted by Gasteiger charge is -2.37. The number of amides is 3. The summed E-state index contributed by atoms with van der Waals surface area (Å²) in [5.74, 6) is -2.76. The average Bonchev–Trinajstić information content (AvgIpc) is 3.68. The molecular weight excluding hydrogens is 835 g/mol. The molecular formula is C48H65N7O8S. The molecule has 0 radical (unpaired) electrons. The van der Waals surface area contributed by atoms with E-state index in [-0.39, 0.29) is 37.2 Å². The number of allylic oxidation sites excluding steroid dienone is 2. The number of benzene rings is 1. The number of aryl methyl sites for hydroxylation is 1. The number of aliphatic imine (C=N–C) groups is 1. The summed E-state index contributed by atoms with van der Waals surface area (Å²) >= 11 is 1.35. The number of likely N-dealkylation sites (tertiary alicyclic amines) is 1. The number of carbonyl (C=O) groups is 4. The van der Waals surface area contributed by atoms with Gasteiger partial charge in [-0.15, -0.1) is 11.3 Å². The van der Waals surface area contributed by atoms with Crippen LogP contribution in [0.4, 0.5) is 0 Å². The van der Waals surface area contributed by atoms with E-state index in [1.807, 2.05) is 45.2 Å². The van der Waals surface area contributed by atoms with Gasteiger partial charge in [-0.05, 0) is 77.0 Å². The monoisotopic (exact) mass is 899 g/mol. The topological polar surface area (TPSA) is 166 Å². The van der Waals surface area contributed by atoms with Crippen LogP contribution in [0.5, 0.6) is 0 Å². The van der Waals surface area contributed by atoms with E-state index < -0.39 is 53.2 Å². The Bertz CT molecular complexity index is 2320. The molecule has 3 amide bonds. The van der Waals surface area contributed by atoms with E-state index in [0.29, 0.717) is 56.1 Å². The first kappa shape index (κ1) is 47.2. The van der Waals surface area contributed by atoms with Crippen LogP contribution in [0.1, 0.15) is 90.1 Å². The fourth-order valence-electron chi connectivity index (χ4n) is 9.68. The number of cyclic esters (lactones) is 1. The molecule has 2 aromatic heterocycles. The van der Waals surface area contributed by atoms with Gasteiger partial charge in [-0.25, -0.2) is 10.4 Å². The van der Waals surface area contributed by atoms with E-state index in [2.05, 4.69) is 54.8 Å². The van der Waals surface area contributed by atoms with Crippen molar-refractivity contribution >= 4 is 57.7 Å². The number of aromatic nitrogens is 2. The predicted octanol–water partition coefficient (Wildman–Crippen LogP) is 6.12. The van der Waals surface area contributed by atoms with Gasteiger partial charge in [-0.1, -0.05) is 39.5 Å². The molecule has 0 unspecified atom stereocenters. The number of hydrazine groups is 1. The van der Waals surface area contributed by atoms with Crippen LogP contribution in [0, 0.1) is 23.2 Å². The summed E-state index contributed by atoms with van der Waals surface area (Å²) < 4.78 is 26.1. The van der Waals surface area contributed by atoms with Crippen LogP contribution in [0.2, 0.25) is 0 Å². The van der Waals surface area contributed by atoms with Gasteiger partial charge in [0.25, 0.3) is 5.91 Å². The Morgan fingerprint density at radius 2 is 1.95 bits per heavy atom. The molecule has 1 aromatic carbocycles. The Balaban J connectivity index is 1.33. The Hall–Kier alpha value is -4.74. The molecule has 2 saturated heterocycles. The maximum atomic E-state index is 14.8. The van der Waals surface area contributed by atoms with Crippen molar-refractivity contribution in [2.75, 3.05) is 47.1 Å². The van der Waals surface area contributed by atoms with E-state index in [1.54, 1.807) is 25.3 Å². The maximum absolute atomic E-state index is 14.8. The van der Waals surface area contributed by atoms with Crippen molar-refractivity contribution in [1.82, 2.24) is 30.2 Å². The highest BCUT2D eigenvalue weighted by molar-refractivity contribution is 7.10. The Kier molecular flexibility index (Phi) is 14.6. The second-order valence-corrected chi connectivity index (χ2v) is 19.0. The number of esters is 1. The minimum absolute atomic E-state index is 0.0278. The Morgan fingerprint density at radius 1 is 1.17 bits per heavy atom. The molecule has 16 heteroatoms. The number of hydrogen-bond acceptors (Lipinski definition) is 12. The molecule has 7 rings (SSSR count). The largest absolute Gasteiger partial charge is 0.464 e. The van der Waals surface area contributed by atoms with Crippen LogP contribution in [-0.2, 0) is 51.1 Å². The number of methoxy groups -OCH3 is 2. The summed E-state index contributed by atoms with van der Waals surface area (Å²) in [6.07, 6.45) is 4.55. The second-order valence-electron chi connectivity index (χ2n) is 18.1. The summed E-state index contributed by atoms with van der Waals surface area (Å²) in [6, 6.07) is 4.27. The van der Waals surface area contributed by atoms with Crippen LogP contribution < -0.4 is 10.7 Å². The molecule has 3 aromatic rings. The molecule has 0 spiro atoms. The predicted molar refractivity (Wildman–Crippen MR) is 247 cm³/mol. The molecule has 3 aliphatic heterocycles. The Morgan fingerprint density at radius 3 is 2.62 bits per heavy atom. The highest BCUT2D eigenvalue weighted by Gasteiger charge is 2.58. The fourth-order valence-corrected chi connectivity index (χ4v) is 10.6. The van der Waals surface area contributed by atoms with Gasteiger partial charge in [0.05, 0.1) is 47.7 Å². The minimum atomic E-state index is -1.23. The highest BCUT2D eigenvalue weighted by Crippen LogP contribution is 2.48. The van der Waals surface area contributed by atoms with Crippen LogP contribution >= 0.6 is 11.3 Å². The van der Waals surface area contributed by atoms with Crippen molar-refractivity contribution in [3.05, 3.63) is 58.2 Å². The molecule has 8 atom stereocenters. The summed E-state index contributed by atoms with van der Waals surface area (Å²) in [4.78, 5) is 68.4. The molecule has 15 nitrogen and oxygen atoms in total. The smallest absolute Gasteiger partial charge is 0.324 e. The van der Waals surface area contributed by atoms with Crippen molar-refractivity contribution in [3.63, 3.8) is 0 Å². The number of thiazole rings is 1. The zero-order valence-corrected chi connectivity index (χ0v) is 39.6. The van der Waals surface area contributed by atoms with Crippen LogP contribution in [0.15, 0.2) is 46.9 Å². The number of carbonyl (C=O) groups excluding carboxylic acids is 4. The molecule has 1 saturated carbocycles. The third kappa shape index (κ3) is 9.35. The average molecular weight is 900 g/mol. The summed E-state index contributed by atoms with van der Waals surface area (Å²) in [5, 5.41) is 7.91. The number of nitrogens with one attached hydrogen (secondary N) is 2. The zero-order valence-electron chi connectivity index (χ0n) is 38.8. The highest BCUT2D eigenvalue weighted by atomic mass is 32.1. The lowest BCUT2D eigenvalue weighted by Crippen LogP contribution is -2.61. The molecule has 2 N–H and O–H groups in total. The molecule has 3 fully saturated rings. The fraction of sp³-hybridized carbons (Fsp3) is 0.583. The quantitative estimate of drug-likeness (QED) is 0.123. The van der Waals surface area contributed by atoms with E-state index in [0.717, 1.165) is 45.4 Å². The van der Waals surface area contributed by atoms with E-state index in [1.165, 1.54) is 16.3 Å². The van der Waals surface area contributed by atoms with Crippen molar-refractivity contribution in [3.8, 4) is 11.3 Å². The first-order valence-electron chi connectivity index (χ1n) is 22.7. The van der Waals surface area contributed by atoms with Crippen LogP contribution in [-0.4, -0.2) is 121 Å². The number of fused-ring (bicyclic) bond motifs is 6. The normalized spacial score (nSPS) is 27.0. The van der Waals surface area contributed by atoms with Crippen molar-refractivity contribution in [2.45, 2.75) is 111 Å². The van der Waals surface area contributed by atoms with Gasteiger partial charge in [0.15, 0.2) is 0 Å². The van der Waals surface area contributed by atoms with E-state index >= 15 is 0 Å². The SMILES string of the molecule is C=C/C(=C(\N=CC)[C@H](C)OC)c1c2c3cc(ccc3n1CC)-c1csc(n1)[C@@H](OCC)[C@H](NC(=O)[C@@H]1[C@@H](C)[C@H]1C(=O)N1CC[C@@H](OC)C1)C(=O)N1CCC[C@H](N1)C(=O)OCC(C)(C)C2. The molecule has 4 aliphatic rings. The van der Waals surface area contributed by atoms with Crippen LogP contribution in [0.3, 0.4) is 0 Å². The van der Waals surface area contributed by atoms with Gasteiger partial charge in [0.1, 0.15) is 23.2 Å². The number of ether oxygens (including phenoxy) is 4. The number of rotatable bonds is 12. The van der Waals surface area contributed by atoms with E-state index in [9.17, 15) is 19.2 Å². The number of hydrogen-bond donors (Lipinski definition) is 2. The van der Waals surface area contributed by atoms with Gasteiger partial charge in [-0.2, -0.15) is 0 Å². The maximum Gasteiger partial charge on any atom is 0.324 e. The molecule has 6 bridgehead atoms. The number of nitrogens with zero attached hydrogens (tertiary/aromatic N) is 5. The van der Waals surface area contributed by atoms with Crippen LogP contribution in [0.25, 0.3) is 27.7 Å². The molecule has 346 valence electrons. The second kappa shape index (κ2) is 19.8. The van der Waals surface area contributed by atoms with Crippen molar-refractivity contribution in [1.29, 1.82) is 0 Å². The third-order valence-corrected chi connectivity index (χ3v) is 14.2. The van der Waals surface area contributed by atoms with E-state index in [4.69, 9.17) is 28.9 Å². The lowest BCUT2D eigenvalue weighted by molar-refractivity contribution is -0.156. The van der Waals surface area contributed by atoms with Gasteiger partial charge >= 0.3 is 5.97 Å². The minimum Gasteiger partial charge on any atom is -0.464 e. The standard InChI is InChI=1S/C48H65N7O8S/c1-11-31(39(49-12-2)28(6)60-9)41-33-23-48(7,8)26-63-47(59)34-16-15-20-55(52-34)46(58)40(51-43(56)37-27(5)38(37)45(57)53-21-19-30(24-53)61-10)42(62-14-4)44-50-35(25-64-44)29-17-18-36(32(33)22-29)54(41)13-3/h11-12,17-18,22,25,27-28,30,34,37-38,40,42,52H,1,13-16,19-21,23-24,26H2,2-10H3,(H,51,56)/b39-31+,49-12?/t27-,28+,30-,34+,37-,38-,40+,42+/m1/s1. The molecule has 1 aliphatic carbocycles.